The molecule has 2 nitrogen and oxygen atoms in total. The highest BCUT2D eigenvalue weighted by Gasteiger charge is 1.93. The first-order valence-electron chi connectivity index (χ1n) is 3.82. The fraction of sp³-hybridized carbons (Fsp3) is 0.200. The number of nitrogens with one attached hydrogen (secondary N) is 1. The molecule has 1 aliphatic rings. The molecule has 12 heavy (non-hydrogen) atoms. The zero-order chi connectivity index (χ0) is 8.81. The van der Waals surface area contributed by atoms with Crippen LogP contribution in [0.2, 0.25) is 0 Å². The molecule has 0 fully saturated rings. The average Bonchev–Trinajstić information content (AvgIpc) is 2.28. The molecule has 1 rings (SSSR count). The normalized spacial score (nSPS) is 13.9. The maximum absolute atomic E-state index is 10.6. The summed E-state index contributed by atoms with van der Waals surface area (Å²) in [6.45, 7) is 2.08. The molecule has 1 amide bonds. The third kappa shape index (κ3) is 3.04. The SMILES string of the molecule is CC(=O)NCC1=CC=CC=C=C1. The van der Waals surface area contributed by atoms with Gasteiger partial charge in [0.25, 0.3) is 0 Å². The Morgan fingerprint density at radius 3 is 3.17 bits per heavy atom. The molecule has 0 aromatic heterocycles. The van der Waals surface area contributed by atoms with Crippen LogP contribution in [0.25, 0.3) is 0 Å². The second-order valence-electron chi connectivity index (χ2n) is 2.51. The van der Waals surface area contributed by atoms with Crippen molar-refractivity contribution in [3.63, 3.8) is 0 Å². The Balaban J connectivity index is 2.52. The lowest BCUT2D eigenvalue weighted by Crippen LogP contribution is -2.21. The van der Waals surface area contributed by atoms with E-state index in [9.17, 15) is 4.79 Å². The Morgan fingerprint density at radius 2 is 2.42 bits per heavy atom. The number of amides is 1. The first-order chi connectivity index (χ1) is 5.79. The van der Waals surface area contributed by atoms with Crippen molar-refractivity contribution in [3.8, 4) is 0 Å². The molecule has 1 aliphatic carbocycles. The Hall–Kier alpha value is -1.53. The van der Waals surface area contributed by atoms with Crippen LogP contribution in [0, 0.1) is 0 Å². The van der Waals surface area contributed by atoms with Crippen LogP contribution in [-0.2, 0) is 4.79 Å². The molecule has 0 aliphatic heterocycles. The summed E-state index contributed by atoms with van der Waals surface area (Å²) in [5.41, 5.74) is 4.02. The summed E-state index contributed by atoms with van der Waals surface area (Å²) < 4.78 is 0. The highest BCUT2D eigenvalue weighted by molar-refractivity contribution is 5.73. The van der Waals surface area contributed by atoms with Crippen LogP contribution in [0.4, 0.5) is 0 Å². The van der Waals surface area contributed by atoms with E-state index >= 15 is 0 Å². The van der Waals surface area contributed by atoms with Crippen molar-refractivity contribution in [3.05, 3.63) is 41.7 Å². The second kappa shape index (κ2) is 4.37. The van der Waals surface area contributed by atoms with Gasteiger partial charge in [0.2, 0.25) is 5.91 Å². The number of carbonyl (C=O) groups is 1. The first-order valence-corrected chi connectivity index (χ1v) is 3.82. The Morgan fingerprint density at radius 1 is 1.58 bits per heavy atom. The summed E-state index contributed by atoms with van der Waals surface area (Å²) >= 11 is 0. The number of rotatable bonds is 2. The van der Waals surface area contributed by atoms with Crippen LogP contribution >= 0.6 is 0 Å². The van der Waals surface area contributed by atoms with Crippen molar-refractivity contribution in [1.29, 1.82) is 0 Å². The molecule has 0 atom stereocenters. The number of allylic oxidation sites excluding steroid dienone is 3. The van der Waals surface area contributed by atoms with Crippen molar-refractivity contribution in [2.45, 2.75) is 6.92 Å². The predicted molar refractivity (Wildman–Crippen MR) is 48.6 cm³/mol. The van der Waals surface area contributed by atoms with Crippen molar-refractivity contribution >= 4 is 5.91 Å². The molecule has 1 N–H and O–H groups in total. The van der Waals surface area contributed by atoms with E-state index in [1.165, 1.54) is 6.92 Å². The molecular formula is C10H11NO. The van der Waals surface area contributed by atoms with E-state index in [1.807, 2.05) is 30.4 Å². The zero-order valence-corrected chi connectivity index (χ0v) is 7.00. The molecule has 0 aromatic rings. The quantitative estimate of drug-likeness (QED) is 0.608. The minimum absolute atomic E-state index is 0.0125. The van der Waals surface area contributed by atoms with E-state index < -0.39 is 0 Å². The molecule has 0 saturated heterocycles. The van der Waals surface area contributed by atoms with E-state index in [4.69, 9.17) is 0 Å². The maximum atomic E-state index is 10.6. The van der Waals surface area contributed by atoms with Crippen molar-refractivity contribution in [1.82, 2.24) is 5.32 Å². The van der Waals surface area contributed by atoms with Gasteiger partial charge in [-0.15, -0.1) is 5.73 Å². The molecule has 0 bridgehead atoms. The molecule has 0 saturated carbocycles. The molecule has 0 aromatic carbocycles. The monoisotopic (exact) mass is 161 g/mol. The van der Waals surface area contributed by atoms with Crippen LogP contribution in [0.1, 0.15) is 6.92 Å². The lowest BCUT2D eigenvalue weighted by atomic mass is 10.2. The lowest BCUT2D eigenvalue weighted by molar-refractivity contribution is -0.118. The zero-order valence-electron chi connectivity index (χ0n) is 7.00. The van der Waals surface area contributed by atoms with Gasteiger partial charge >= 0.3 is 0 Å². The number of carbonyl (C=O) groups excluding carboxylic acids is 1. The Kier molecular flexibility index (Phi) is 3.12. The molecule has 0 radical (unpaired) electrons. The van der Waals surface area contributed by atoms with E-state index in [1.54, 1.807) is 0 Å². The van der Waals surface area contributed by atoms with Crippen LogP contribution in [0.5, 0.6) is 0 Å². The first kappa shape index (κ1) is 8.57. The van der Waals surface area contributed by atoms with Gasteiger partial charge in [0, 0.05) is 13.5 Å². The van der Waals surface area contributed by atoms with Gasteiger partial charge in [-0.2, -0.15) is 0 Å². The van der Waals surface area contributed by atoms with E-state index in [-0.39, 0.29) is 5.91 Å². The van der Waals surface area contributed by atoms with Gasteiger partial charge < -0.3 is 5.32 Å². The van der Waals surface area contributed by atoms with Crippen LogP contribution < -0.4 is 5.32 Å². The van der Waals surface area contributed by atoms with E-state index in [2.05, 4.69) is 11.0 Å². The topological polar surface area (TPSA) is 29.1 Å². The van der Waals surface area contributed by atoms with Gasteiger partial charge in [0.15, 0.2) is 0 Å². The smallest absolute Gasteiger partial charge is 0.217 e. The van der Waals surface area contributed by atoms with Gasteiger partial charge in [-0.05, 0) is 17.7 Å². The Labute approximate surface area is 72.0 Å². The van der Waals surface area contributed by atoms with Gasteiger partial charge in [0.05, 0.1) is 0 Å². The molecule has 2 heteroatoms. The Bertz CT molecular complexity index is 291. The van der Waals surface area contributed by atoms with Crippen LogP contribution in [-0.4, -0.2) is 12.5 Å². The maximum Gasteiger partial charge on any atom is 0.217 e. The number of hydrogen-bond acceptors (Lipinski definition) is 1. The number of hydrogen-bond donors (Lipinski definition) is 1. The average molecular weight is 161 g/mol. The molecule has 0 spiro atoms. The summed E-state index contributed by atoms with van der Waals surface area (Å²) in [4.78, 5) is 10.6. The summed E-state index contributed by atoms with van der Waals surface area (Å²) in [6, 6.07) is 0. The van der Waals surface area contributed by atoms with Crippen LogP contribution in [0.15, 0.2) is 41.7 Å². The summed E-state index contributed by atoms with van der Waals surface area (Å²) in [5.74, 6) is -0.0125. The summed E-state index contributed by atoms with van der Waals surface area (Å²) in [5, 5.41) is 2.72. The van der Waals surface area contributed by atoms with Crippen molar-refractivity contribution < 1.29 is 4.79 Å². The third-order valence-electron chi connectivity index (χ3n) is 1.42. The second-order valence-corrected chi connectivity index (χ2v) is 2.51. The highest BCUT2D eigenvalue weighted by atomic mass is 16.1. The fourth-order valence-electron chi connectivity index (χ4n) is 0.830. The fourth-order valence-corrected chi connectivity index (χ4v) is 0.830. The largest absolute Gasteiger partial charge is 0.352 e. The summed E-state index contributed by atoms with van der Waals surface area (Å²) in [6.07, 6.45) is 9.46. The standard InChI is InChI=1S/C10H11NO/c1-9(12)11-8-10-6-4-2-3-5-7-10/h2-4,6-7H,8H2,1H3,(H,11,12). The van der Waals surface area contributed by atoms with Gasteiger partial charge in [-0.1, -0.05) is 18.2 Å². The minimum atomic E-state index is -0.0125. The van der Waals surface area contributed by atoms with Crippen molar-refractivity contribution in [2.24, 2.45) is 0 Å². The molecule has 62 valence electrons. The van der Waals surface area contributed by atoms with Crippen LogP contribution in [0.3, 0.4) is 0 Å². The molecular weight excluding hydrogens is 150 g/mol. The minimum Gasteiger partial charge on any atom is -0.352 e. The van der Waals surface area contributed by atoms with Crippen molar-refractivity contribution in [2.75, 3.05) is 6.54 Å². The van der Waals surface area contributed by atoms with E-state index in [0.717, 1.165) is 5.57 Å². The van der Waals surface area contributed by atoms with E-state index in [0.29, 0.717) is 6.54 Å². The van der Waals surface area contributed by atoms with Gasteiger partial charge in [-0.25, -0.2) is 0 Å². The van der Waals surface area contributed by atoms with Gasteiger partial charge in [-0.3, -0.25) is 4.79 Å². The summed E-state index contributed by atoms with van der Waals surface area (Å²) in [7, 11) is 0. The van der Waals surface area contributed by atoms with Gasteiger partial charge in [0.1, 0.15) is 0 Å². The third-order valence-corrected chi connectivity index (χ3v) is 1.42. The highest BCUT2D eigenvalue weighted by Crippen LogP contribution is 1.98. The lowest BCUT2D eigenvalue weighted by Gasteiger charge is -2.00. The predicted octanol–water partition coefficient (Wildman–Crippen LogP) is 1.33. The molecule has 0 heterocycles. The molecule has 0 unspecified atom stereocenters.